The SMILES string of the molecule is Cc1cc(/C=C2/NC(=O)N(C)C2=O)c(C)n1-c1ccc2c(c1)OCO2. The molecular formula is C18H17N3O4. The molecule has 4 rings (SSSR count). The molecule has 7 heteroatoms. The van der Waals surface area contributed by atoms with Gasteiger partial charge in [-0.3, -0.25) is 9.69 Å². The summed E-state index contributed by atoms with van der Waals surface area (Å²) in [6.07, 6.45) is 1.70. The molecule has 0 atom stereocenters. The number of fused-ring (bicyclic) bond motifs is 1. The maximum atomic E-state index is 12.1. The Morgan fingerprint density at radius 3 is 2.60 bits per heavy atom. The first kappa shape index (κ1) is 15.3. The summed E-state index contributed by atoms with van der Waals surface area (Å²) in [5.41, 5.74) is 4.06. The molecule has 7 nitrogen and oxygen atoms in total. The highest BCUT2D eigenvalue weighted by molar-refractivity contribution is 6.13. The predicted molar refractivity (Wildman–Crippen MR) is 90.6 cm³/mol. The van der Waals surface area contributed by atoms with Crippen LogP contribution in [0.2, 0.25) is 0 Å². The second-order valence-electron chi connectivity index (χ2n) is 6.05. The number of amides is 3. The van der Waals surface area contributed by atoms with Crippen LogP contribution in [0.4, 0.5) is 4.79 Å². The van der Waals surface area contributed by atoms with Crippen molar-refractivity contribution < 1.29 is 19.1 Å². The molecule has 0 bridgehead atoms. The van der Waals surface area contributed by atoms with Crippen molar-refractivity contribution in [1.29, 1.82) is 0 Å². The third-order valence-electron chi connectivity index (χ3n) is 4.47. The zero-order valence-corrected chi connectivity index (χ0v) is 14.1. The van der Waals surface area contributed by atoms with E-state index in [9.17, 15) is 9.59 Å². The third kappa shape index (κ3) is 2.36. The number of carbonyl (C=O) groups excluding carboxylic acids is 2. The Morgan fingerprint density at radius 2 is 1.88 bits per heavy atom. The molecule has 2 aromatic rings. The molecule has 0 spiro atoms. The minimum atomic E-state index is -0.416. The van der Waals surface area contributed by atoms with Gasteiger partial charge < -0.3 is 19.4 Å². The van der Waals surface area contributed by atoms with E-state index < -0.39 is 6.03 Å². The summed E-state index contributed by atoms with van der Waals surface area (Å²) >= 11 is 0. The zero-order valence-electron chi connectivity index (χ0n) is 14.1. The fourth-order valence-electron chi connectivity index (χ4n) is 3.13. The summed E-state index contributed by atoms with van der Waals surface area (Å²) in [4.78, 5) is 24.7. The molecule has 3 amide bonds. The van der Waals surface area contributed by atoms with E-state index in [1.165, 1.54) is 7.05 Å². The van der Waals surface area contributed by atoms with Gasteiger partial charge in [0, 0.05) is 30.2 Å². The van der Waals surface area contributed by atoms with Gasteiger partial charge in [0.05, 0.1) is 0 Å². The normalized spacial score (nSPS) is 17.6. The number of urea groups is 1. The Bertz CT molecular complexity index is 942. The number of carbonyl (C=O) groups is 2. The van der Waals surface area contributed by atoms with Gasteiger partial charge in [0.2, 0.25) is 6.79 Å². The Hall–Kier alpha value is -3.22. The van der Waals surface area contributed by atoms with Gasteiger partial charge in [-0.25, -0.2) is 4.79 Å². The van der Waals surface area contributed by atoms with E-state index in [1.54, 1.807) is 6.08 Å². The van der Waals surface area contributed by atoms with Crippen LogP contribution in [0.1, 0.15) is 17.0 Å². The number of likely N-dealkylation sites (N-methyl/N-ethyl adjacent to an activating group) is 1. The fraction of sp³-hybridized carbons (Fsp3) is 0.222. The second-order valence-corrected chi connectivity index (χ2v) is 6.05. The van der Waals surface area contributed by atoms with Gasteiger partial charge in [-0.15, -0.1) is 0 Å². The molecule has 2 aliphatic rings. The van der Waals surface area contributed by atoms with Crippen LogP contribution in [0, 0.1) is 13.8 Å². The van der Waals surface area contributed by atoms with Crippen LogP contribution >= 0.6 is 0 Å². The lowest BCUT2D eigenvalue weighted by molar-refractivity contribution is -0.121. The molecule has 128 valence electrons. The van der Waals surface area contributed by atoms with E-state index in [0.29, 0.717) is 5.75 Å². The van der Waals surface area contributed by atoms with Crippen molar-refractivity contribution in [2.45, 2.75) is 13.8 Å². The molecular weight excluding hydrogens is 322 g/mol. The van der Waals surface area contributed by atoms with E-state index in [4.69, 9.17) is 9.47 Å². The average Bonchev–Trinajstić information content (AvgIpc) is 3.22. The average molecular weight is 339 g/mol. The number of ether oxygens (including phenoxy) is 2. The monoisotopic (exact) mass is 339 g/mol. The third-order valence-corrected chi connectivity index (χ3v) is 4.47. The summed E-state index contributed by atoms with van der Waals surface area (Å²) in [7, 11) is 1.45. The minimum absolute atomic E-state index is 0.231. The highest BCUT2D eigenvalue weighted by Gasteiger charge is 2.30. The van der Waals surface area contributed by atoms with Crippen molar-refractivity contribution in [2.75, 3.05) is 13.8 Å². The molecule has 1 saturated heterocycles. The van der Waals surface area contributed by atoms with Crippen LogP contribution in [0.25, 0.3) is 11.8 Å². The largest absolute Gasteiger partial charge is 0.454 e. The van der Waals surface area contributed by atoms with E-state index in [-0.39, 0.29) is 18.4 Å². The maximum absolute atomic E-state index is 12.1. The molecule has 0 saturated carbocycles. The summed E-state index contributed by atoms with van der Waals surface area (Å²) in [5.74, 6) is 1.11. The minimum Gasteiger partial charge on any atom is -0.454 e. The first-order valence-corrected chi connectivity index (χ1v) is 7.85. The van der Waals surface area contributed by atoms with Crippen molar-refractivity contribution in [3.05, 3.63) is 46.9 Å². The summed E-state index contributed by atoms with van der Waals surface area (Å²) in [5, 5.41) is 2.58. The number of rotatable bonds is 2. The van der Waals surface area contributed by atoms with Crippen LogP contribution < -0.4 is 14.8 Å². The van der Waals surface area contributed by atoms with Crippen molar-refractivity contribution in [3.8, 4) is 17.2 Å². The number of nitrogens with one attached hydrogen (secondary N) is 1. The Labute approximate surface area is 144 Å². The fourth-order valence-corrected chi connectivity index (χ4v) is 3.13. The molecule has 1 aromatic heterocycles. The van der Waals surface area contributed by atoms with Crippen molar-refractivity contribution in [3.63, 3.8) is 0 Å². The zero-order chi connectivity index (χ0) is 17.7. The van der Waals surface area contributed by atoms with E-state index in [0.717, 1.165) is 33.3 Å². The number of hydrogen-bond donors (Lipinski definition) is 1. The quantitative estimate of drug-likeness (QED) is 0.673. The van der Waals surface area contributed by atoms with Crippen LogP contribution in [0.3, 0.4) is 0 Å². The predicted octanol–water partition coefficient (Wildman–Crippen LogP) is 2.35. The second kappa shape index (κ2) is 5.41. The van der Waals surface area contributed by atoms with E-state index >= 15 is 0 Å². The Kier molecular flexibility index (Phi) is 3.31. The van der Waals surface area contributed by atoms with E-state index in [1.807, 2.05) is 38.1 Å². The first-order chi connectivity index (χ1) is 12.0. The summed E-state index contributed by atoms with van der Waals surface area (Å²) < 4.78 is 12.9. The molecule has 25 heavy (non-hydrogen) atoms. The van der Waals surface area contributed by atoms with Crippen LogP contribution in [-0.2, 0) is 4.79 Å². The Morgan fingerprint density at radius 1 is 1.12 bits per heavy atom. The number of imide groups is 1. The highest BCUT2D eigenvalue weighted by atomic mass is 16.7. The molecule has 3 heterocycles. The summed E-state index contributed by atoms with van der Waals surface area (Å²) in [6, 6.07) is 7.33. The maximum Gasteiger partial charge on any atom is 0.328 e. The van der Waals surface area contributed by atoms with Gasteiger partial charge in [0.1, 0.15) is 5.70 Å². The van der Waals surface area contributed by atoms with Gasteiger partial charge in [0.15, 0.2) is 11.5 Å². The number of aryl methyl sites for hydroxylation is 1. The van der Waals surface area contributed by atoms with Crippen LogP contribution in [0.5, 0.6) is 11.5 Å². The molecule has 2 aliphatic heterocycles. The summed E-state index contributed by atoms with van der Waals surface area (Å²) in [6.45, 7) is 4.19. The lowest BCUT2D eigenvalue weighted by atomic mass is 10.2. The number of aromatic nitrogens is 1. The molecule has 0 radical (unpaired) electrons. The van der Waals surface area contributed by atoms with Crippen LogP contribution in [-0.4, -0.2) is 35.2 Å². The molecule has 0 aliphatic carbocycles. The van der Waals surface area contributed by atoms with Gasteiger partial charge in [-0.2, -0.15) is 0 Å². The molecule has 1 N–H and O–H groups in total. The molecule has 1 fully saturated rings. The Balaban J connectivity index is 1.75. The number of nitrogens with zero attached hydrogens (tertiary/aromatic N) is 2. The van der Waals surface area contributed by atoms with E-state index in [2.05, 4.69) is 9.88 Å². The van der Waals surface area contributed by atoms with Crippen molar-refractivity contribution in [2.24, 2.45) is 0 Å². The van der Waals surface area contributed by atoms with Gasteiger partial charge in [0.25, 0.3) is 5.91 Å². The topological polar surface area (TPSA) is 72.8 Å². The van der Waals surface area contributed by atoms with Crippen LogP contribution in [0.15, 0.2) is 30.0 Å². The highest BCUT2D eigenvalue weighted by Crippen LogP contribution is 2.35. The van der Waals surface area contributed by atoms with Crippen molar-refractivity contribution >= 4 is 18.0 Å². The van der Waals surface area contributed by atoms with Crippen molar-refractivity contribution in [1.82, 2.24) is 14.8 Å². The standard InChI is InChI=1S/C18H17N3O4/c1-10-6-12(7-14-17(22)20(3)18(23)19-14)11(2)21(10)13-4-5-15-16(8-13)25-9-24-15/h4-8H,9H2,1-3H3,(H,19,23)/b14-7+. The lowest BCUT2D eigenvalue weighted by Gasteiger charge is -2.10. The first-order valence-electron chi connectivity index (χ1n) is 7.85. The molecule has 0 unspecified atom stereocenters. The number of hydrogen-bond acceptors (Lipinski definition) is 4. The van der Waals surface area contributed by atoms with Gasteiger partial charge in [-0.05, 0) is 43.7 Å². The van der Waals surface area contributed by atoms with Gasteiger partial charge in [-0.1, -0.05) is 0 Å². The smallest absolute Gasteiger partial charge is 0.328 e. The molecule has 1 aromatic carbocycles. The lowest BCUT2D eigenvalue weighted by Crippen LogP contribution is -2.25. The van der Waals surface area contributed by atoms with Gasteiger partial charge >= 0.3 is 6.03 Å². The number of benzene rings is 1.